The van der Waals surface area contributed by atoms with Crippen LogP contribution in [0.25, 0.3) is 0 Å². The average molecular weight is 209 g/mol. The molecule has 1 N–H and O–H groups in total. The summed E-state index contributed by atoms with van der Waals surface area (Å²) in [6.07, 6.45) is 5.80. The second kappa shape index (κ2) is 4.09. The van der Waals surface area contributed by atoms with Gasteiger partial charge in [0.1, 0.15) is 0 Å². The third kappa shape index (κ3) is 2.61. The van der Waals surface area contributed by atoms with Gasteiger partial charge in [-0.25, -0.2) is 4.79 Å². The van der Waals surface area contributed by atoms with Gasteiger partial charge >= 0.3 is 6.09 Å². The first-order valence-electron chi connectivity index (χ1n) is 5.19. The lowest BCUT2D eigenvalue weighted by molar-refractivity contribution is 0.0818. The van der Waals surface area contributed by atoms with Crippen LogP contribution in [0.2, 0.25) is 0 Å². The molecule has 0 saturated carbocycles. The van der Waals surface area contributed by atoms with Crippen LogP contribution in [-0.4, -0.2) is 27.7 Å². The van der Waals surface area contributed by atoms with Gasteiger partial charge in [0.2, 0.25) is 0 Å². The highest BCUT2D eigenvalue weighted by molar-refractivity contribution is 5.67. The van der Waals surface area contributed by atoms with Crippen molar-refractivity contribution in [2.24, 2.45) is 5.92 Å². The number of hydrogen-bond donors (Lipinski definition) is 1. The predicted molar refractivity (Wildman–Crippen MR) is 60.8 cm³/mol. The molecular formula is C12H19NO2. The van der Waals surface area contributed by atoms with Crippen molar-refractivity contribution < 1.29 is 9.90 Å². The molecule has 0 spiro atoms. The van der Waals surface area contributed by atoms with Gasteiger partial charge in [-0.3, -0.25) is 4.90 Å². The van der Waals surface area contributed by atoms with Gasteiger partial charge in [0.25, 0.3) is 0 Å². The number of allylic oxidation sites excluding steroid dienone is 2. The topological polar surface area (TPSA) is 40.5 Å². The van der Waals surface area contributed by atoms with E-state index < -0.39 is 6.09 Å². The molecule has 0 heterocycles. The summed E-state index contributed by atoms with van der Waals surface area (Å²) in [7, 11) is 0. The first-order valence-corrected chi connectivity index (χ1v) is 5.19. The molecule has 3 nitrogen and oxygen atoms in total. The van der Waals surface area contributed by atoms with Gasteiger partial charge in [-0.1, -0.05) is 18.2 Å². The van der Waals surface area contributed by atoms with Crippen LogP contribution in [-0.2, 0) is 0 Å². The lowest BCUT2D eigenvalue weighted by atomic mass is 10.0. The van der Waals surface area contributed by atoms with Crippen molar-refractivity contribution in [3.63, 3.8) is 0 Å². The van der Waals surface area contributed by atoms with E-state index in [1.807, 2.05) is 39.0 Å². The smallest absolute Gasteiger partial charge is 0.408 e. The third-order valence-corrected chi connectivity index (χ3v) is 2.66. The molecule has 1 aliphatic carbocycles. The molecule has 1 aliphatic rings. The van der Waals surface area contributed by atoms with E-state index in [9.17, 15) is 9.90 Å². The zero-order chi connectivity index (χ0) is 11.6. The minimum Gasteiger partial charge on any atom is -0.465 e. The molecule has 84 valence electrons. The highest BCUT2D eigenvalue weighted by Gasteiger charge is 2.34. The van der Waals surface area contributed by atoms with E-state index in [0.29, 0.717) is 5.92 Å². The van der Waals surface area contributed by atoms with Crippen molar-refractivity contribution >= 4 is 6.09 Å². The van der Waals surface area contributed by atoms with Crippen molar-refractivity contribution in [3.05, 3.63) is 24.8 Å². The number of carboxylic acid groups (broad SMARTS) is 1. The Kier molecular flexibility index (Phi) is 3.22. The normalized spacial score (nSPS) is 25.3. The molecular weight excluding hydrogens is 190 g/mol. The fraction of sp³-hybridized carbons (Fsp3) is 0.583. The fourth-order valence-electron chi connectivity index (χ4n) is 2.00. The molecule has 0 aromatic rings. The predicted octanol–water partition coefficient (Wildman–Crippen LogP) is 2.90. The molecule has 0 saturated heterocycles. The zero-order valence-electron chi connectivity index (χ0n) is 9.60. The van der Waals surface area contributed by atoms with Gasteiger partial charge < -0.3 is 5.11 Å². The van der Waals surface area contributed by atoms with E-state index in [2.05, 4.69) is 6.58 Å². The molecule has 1 rings (SSSR count). The summed E-state index contributed by atoms with van der Waals surface area (Å²) in [5.74, 6) is 0.305. The molecule has 0 fully saturated rings. The number of nitrogens with zero attached hydrogens (tertiary/aromatic N) is 1. The monoisotopic (exact) mass is 209 g/mol. The van der Waals surface area contributed by atoms with Crippen molar-refractivity contribution in [2.45, 2.75) is 38.8 Å². The van der Waals surface area contributed by atoms with E-state index in [4.69, 9.17) is 0 Å². The maximum Gasteiger partial charge on any atom is 0.408 e. The van der Waals surface area contributed by atoms with E-state index in [0.717, 1.165) is 6.42 Å². The van der Waals surface area contributed by atoms with Crippen LogP contribution in [0, 0.1) is 5.92 Å². The van der Waals surface area contributed by atoms with E-state index in [-0.39, 0.29) is 11.6 Å². The van der Waals surface area contributed by atoms with E-state index >= 15 is 0 Å². The summed E-state index contributed by atoms with van der Waals surface area (Å²) in [5.41, 5.74) is -0.364. The van der Waals surface area contributed by atoms with Gasteiger partial charge in [0.05, 0.1) is 6.04 Å². The Morgan fingerprint density at radius 3 is 2.47 bits per heavy atom. The lowest BCUT2D eigenvalue weighted by Gasteiger charge is -2.37. The summed E-state index contributed by atoms with van der Waals surface area (Å²) in [6.45, 7) is 9.46. The molecule has 0 unspecified atom stereocenters. The maximum atomic E-state index is 11.2. The fourth-order valence-corrected chi connectivity index (χ4v) is 2.00. The van der Waals surface area contributed by atoms with Crippen LogP contribution in [0.5, 0.6) is 0 Å². The molecule has 0 aliphatic heterocycles. The van der Waals surface area contributed by atoms with Gasteiger partial charge in [0.15, 0.2) is 0 Å². The van der Waals surface area contributed by atoms with E-state index in [1.54, 1.807) is 0 Å². The summed E-state index contributed by atoms with van der Waals surface area (Å²) < 4.78 is 0. The quantitative estimate of drug-likeness (QED) is 0.710. The Hall–Kier alpha value is -1.25. The lowest BCUT2D eigenvalue weighted by Crippen LogP contribution is -2.50. The van der Waals surface area contributed by atoms with Gasteiger partial charge in [-0.05, 0) is 33.1 Å². The second-order valence-corrected chi connectivity index (χ2v) is 4.91. The Balaban J connectivity index is 2.81. The van der Waals surface area contributed by atoms with Gasteiger partial charge in [-0.2, -0.15) is 0 Å². The highest BCUT2D eigenvalue weighted by atomic mass is 16.4. The number of hydrogen-bond acceptors (Lipinski definition) is 1. The van der Waals surface area contributed by atoms with E-state index in [1.165, 1.54) is 4.90 Å². The van der Waals surface area contributed by atoms with Gasteiger partial charge in [-0.15, -0.1) is 6.58 Å². The Morgan fingerprint density at radius 1 is 1.53 bits per heavy atom. The summed E-state index contributed by atoms with van der Waals surface area (Å²) in [4.78, 5) is 12.7. The minimum atomic E-state index is -0.859. The maximum absolute atomic E-state index is 11.2. The summed E-state index contributed by atoms with van der Waals surface area (Å²) in [5, 5.41) is 9.19. The molecule has 3 heteroatoms. The third-order valence-electron chi connectivity index (χ3n) is 2.66. The van der Waals surface area contributed by atoms with Crippen LogP contribution in [0.15, 0.2) is 24.8 Å². The van der Waals surface area contributed by atoms with Crippen molar-refractivity contribution in [1.29, 1.82) is 0 Å². The Labute approximate surface area is 91.1 Å². The van der Waals surface area contributed by atoms with Gasteiger partial charge in [0, 0.05) is 5.54 Å². The zero-order valence-corrected chi connectivity index (χ0v) is 9.60. The largest absolute Gasteiger partial charge is 0.465 e. The molecule has 1 amide bonds. The molecule has 0 aromatic heterocycles. The standard InChI is InChI=1S/C12H19NO2/c1-5-9-6-7-10(8-9)13(11(14)15)12(2,3)4/h5-7,9-10H,1,8H2,2-4H3,(H,14,15)/t9-,10-/m0/s1. The van der Waals surface area contributed by atoms with Crippen molar-refractivity contribution in [3.8, 4) is 0 Å². The molecule has 2 atom stereocenters. The SMILES string of the molecule is C=C[C@H]1C=C[C@H](N(C(=O)O)C(C)(C)C)C1. The second-order valence-electron chi connectivity index (χ2n) is 4.91. The summed E-state index contributed by atoms with van der Waals surface area (Å²) >= 11 is 0. The van der Waals surface area contributed by atoms with Crippen LogP contribution >= 0.6 is 0 Å². The average Bonchev–Trinajstić information content (AvgIpc) is 2.49. The Morgan fingerprint density at radius 2 is 2.13 bits per heavy atom. The minimum absolute atomic E-state index is 0.0227. The summed E-state index contributed by atoms with van der Waals surface area (Å²) in [6, 6.07) is -0.0227. The molecule has 0 radical (unpaired) electrons. The molecule has 15 heavy (non-hydrogen) atoms. The van der Waals surface area contributed by atoms with Crippen molar-refractivity contribution in [1.82, 2.24) is 4.90 Å². The van der Waals surface area contributed by atoms with Crippen LogP contribution in [0.1, 0.15) is 27.2 Å². The van der Waals surface area contributed by atoms with Crippen molar-refractivity contribution in [2.75, 3.05) is 0 Å². The van der Waals surface area contributed by atoms with Crippen LogP contribution in [0.3, 0.4) is 0 Å². The number of rotatable bonds is 2. The number of carbonyl (C=O) groups is 1. The van der Waals surface area contributed by atoms with Crippen LogP contribution in [0.4, 0.5) is 4.79 Å². The highest BCUT2D eigenvalue weighted by Crippen LogP contribution is 2.28. The molecule has 0 bridgehead atoms. The Bertz CT molecular complexity index is 288. The first kappa shape index (κ1) is 11.8. The molecule has 0 aromatic carbocycles. The van der Waals surface area contributed by atoms with Crippen LogP contribution < -0.4 is 0 Å². The number of amides is 1. The first-order chi connectivity index (χ1) is 6.86.